The maximum Gasteiger partial charge on any atom is 0.226 e. The minimum atomic E-state index is -0.727. The number of amides is 2. The number of hydrogen-bond donors (Lipinski definition) is 2. The van der Waals surface area contributed by atoms with Crippen molar-refractivity contribution in [1.82, 2.24) is 10.6 Å². The topological polar surface area (TPSA) is 58.2 Å². The van der Waals surface area contributed by atoms with Crippen LogP contribution in [0.15, 0.2) is 36.4 Å². The highest BCUT2D eigenvalue weighted by Crippen LogP contribution is 2.29. The molecule has 0 aromatic heterocycles. The highest BCUT2D eigenvalue weighted by Gasteiger charge is 2.30. The number of carbonyl (C=O) groups is 2. The van der Waals surface area contributed by atoms with Crippen LogP contribution in [0.25, 0.3) is 0 Å². The molecular weight excluding hydrogens is 385 g/mol. The second kappa shape index (κ2) is 7.60. The van der Waals surface area contributed by atoms with E-state index in [1.807, 2.05) is 0 Å². The summed E-state index contributed by atoms with van der Waals surface area (Å²) in [6, 6.07) is 7.36. The van der Waals surface area contributed by atoms with Crippen molar-refractivity contribution in [2.24, 2.45) is 5.92 Å². The first-order chi connectivity index (χ1) is 12.3. The molecule has 0 aliphatic carbocycles. The van der Waals surface area contributed by atoms with E-state index < -0.39 is 23.6 Å². The van der Waals surface area contributed by atoms with Gasteiger partial charge in [-0.15, -0.1) is 0 Å². The highest BCUT2D eigenvalue weighted by molar-refractivity contribution is 6.31. The van der Waals surface area contributed by atoms with Crippen LogP contribution in [0.5, 0.6) is 0 Å². The average Bonchev–Trinajstić information content (AvgIpc) is 3.04. The predicted octanol–water partition coefficient (Wildman–Crippen LogP) is 3.61. The third kappa shape index (κ3) is 3.97. The molecule has 2 N–H and O–H groups in total. The maximum atomic E-state index is 13.5. The van der Waals surface area contributed by atoms with Crippen molar-refractivity contribution in [3.8, 4) is 0 Å². The van der Waals surface area contributed by atoms with Gasteiger partial charge in [-0.1, -0.05) is 35.3 Å². The fourth-order valence-corrected chi connectivity index (χ4v) is 3.17. The van der Waals surface area contributed by atoms with Crippen molar-refractivity contribution < 1.29 is 18.4 Å². The van der Waals surface area contributed by atoms with Crippen LogP contribution < -0.4 is 10.6 Å². The van der Waals surface area contributed by atoms with Crippen LogP contribution in [-0.2, 0) is 9.59 Å². The molecule has 4 nitrogen and oxygen atoms in total. The van der Waals surface area contributed by atoms with Gasteiger partial charge in [-0.25, -0.2) is 8.78 Å². The number of halogens is 4. The van der Waals surface area contributed by atoms with E-state index in [-0.39, 0.29) is 34.8 Å². The molecule has 0 unspecified atom stereocenters. The van der Waals surface area contributed by atoms with Crippen molar-refractivity contribution in [2.75, 3.05) is 6.54 Å². The summed E-state index contributed by atoms with van der Waals surface area (Å²) in [7, 11) is 0. The van der Waals surface area contributed by atoms with Crippen LogP contribution in [0.2, 0.25) is 10.0 Å². The van der Waals surface area contributed by atoms with Crippen molar-refractivity contribution in [3.63, 3.8) is 0 Å². The Morgan fingerprint density at radius 1 is 1.08 bits per heavy atom. The number of nitrogens with one attached hydrogen (secondary N) is 2. The zero-order valence-corrected chi connectivity index (χ0v) is 14.9. The number of benzene rings is 2. The minimum Gasteiger partial charge on any atom is -0.355 e. The summed E-state index contributed by atoms with van der Waals surface area (Å²) in [5, 5.41) is 5.20. The zero-order chi connectivity index (χ0) is 18.8. The number of carbonyl (C=O) groups excluding carboxylic acids is 2. The molecule has 0 spiro atoms. The number of hydrogen-bond acceptors (Lipinski definition) is 2. The molecule has 1 fully saturated rings. The maximum absolute atomic E-state index is 13.5. The third-order valence-electron chi connectivity index (χ3n) is 4.19. The van der Waals surface area contributed by atoms with Crippen LogP contribution in [0.4, 0.5) is 8.78 Å². The lowest BCUT2D eigenvalue weighted by molar-refractivity contribution is -0.126. The van der Waals surface area contributed by atoms with Crippen molar-refractivity contribution >= 4 is 35.0 Å². The van der Waals surface area contributed by atoms with Crippen LogP contribution in [0.1, 0.15) is 23.6 Å². The lowest BCUT2D eigenvalue weighted by Gasteiger charge is -2.22. The molecular formula is C18H14Cl2F2N2O2. The van der Waals surface area contributed by atoms with E-state index in [1.165, 1.54) is 36.4 Å². The molecule has 0 bridgehead atoms. The van der Waals surface area contributed by atoms with E-state index in [0.717, 1.165) is 0 Å². The Balaban J connectivity index is 1.95. The van der Waals surface area contributed by atoms with Gasteiger partial charge < -0.3 is 10.6 Å². The normalized spacial score (nSPS) is 16.7. The summed E-state index contributed by atoms with van der Waals surface area (Å²) in [4.78, 5) is 23.9. The van der Waals surface area contributed by atoms with Gasteiger partial charge in [-0.2, -0.15) is 0 Å². The second-order valence-corrected chi connectivity index (χ2v) is 6.81. The summed E-state index contributed by atoms with van der Waals surface area (Å²) in [5.74, 6) is -2.26. The Kier molecular flexibility index (Phi) is 5.44. The summed E-state index contributed by atoms with van der Waals surface area (Å²) in [6.45, 7) is 0.242. The first-order valence-electron chi connectivity index (χ1n) is 7.82. The van der Waals surface area contributed by atoms with E-state index in [9.17, 15) is 18.4 Å². The van der Waals surface area contributed by atoms with Crippen molar-refractivity contribution in [1.29, 1.82) is 0 Å². The van der Waals surface area contributed by atoms with Crippen LogP contribution in [0.3, 0.4) is 0 Å². The minimum absolute atomic E-state index is 0.0902. The Morgan fingerprint density at radius 2 is 1.62 bits per heavy atom. The highest BCUT2D eigenvalue weighted by atomic mass is 35.5. The predicted molar refractivity (Wildman–Crippen MR) is 93.9 cm³/mol. The quantitative estimate of drug-likeness (QED) is 0.826. The van der Waals surface area contributed by atoms with Gasteiger partial charge in [0.2, 0.25) is 11.8 Å². The van der Waals surface area contributed by atoms with Gasteiger partial charge in [0.1, 0.15) is 11.6 Å². The molecule has 1 aliphatic heterocycles. The van der Waals surface area contributed by atoms with E-state index in [1.54, 1.807) is 0 Å². The van der Waals surface area contributed by atoms with Gasteiger partial charge in [-0.05, 0) is 35.4 Å². The second-order valence-electron chi connectivity index (χ2n) is 5.99. The molecule has 136 valence electrons. The molecule has 0 radical (unpaired) electrons. The average molecular weight is 399 g/mol. The molecule has 1 saturated heterocycles. The molecule has 3 rings (SSSR count). The summed E-state index contributed by atoms with van der Waals surface area (Å²) in [5.41, 5.74) is 1.01. The summed E-state index contributed by atoms with van der Waals surface area (Å²) < 4.78 is 27.0. The summed E-state index contributed by atoms with van der Waals surface area (Å²) in [6.07, 6.45) is 0.0902. The SMILES string of the molecule is O=C1C[C@H](C(=O)NC(c2ccc(F)c(Cl)c2)c2ccc(F)c(Cl)c2)CN1. The first-order valence-corrected chi connectivity index (χ1v) is 8.57. The molecule has 2 amide bonds. The molecule has 2 aromatic carbocycles. The molecule has 1 atom stereocenters. The van der Waals surface area contributed by atoms with Gasteiger partial charge in [0, 0.05) is 13.0 Å². The van der Waals surface area contributed by atoms with Crippen molar-refractivity contribution in [3.05, 3.63) is 69.2 Å². The monoisotopic (exact) mass is 398 g/mol. The number of rotatable bonds is 4. The van der Waals surface area contributed by atoms with Crippen LogP contribution in [-0.4, -0.2) is 18.4 Å². The molecule has 0 saturated carbocycles. The Labute approximate surface area is 158 Å². The van der Waals surface area contributed by atoms with Crippen LogP contribution in [0, 0.1) is 17.6 Å². The van der Waals surface area contributed by atoms with Crippen LogP contribution >= 0.6 is 23.2 Å². The van der Waals surface area contributed by atoms with E-state index in [4.69, 9.17) is 23.2 Å². The van der Waals surface area contributed by atoms with Crippen molar-refractivity contribution in [2.45, 2.75) is 12.5 Å². The smallest absolute Gasteiger partial charge is 0.226 e. The first kappa shape index (κ1) is 18.6. The lowest BCUT2D eigenvalue weighted by Crippen LogP contribution is -2.35. The Hall–Kier alpha value is -2.18. The third-order valence-corrected chi connectivity index (χ3v) is 4.77. The fraction of sp³-hybridized carbons (Fsp3) is 0.222. The van der Waals surface area contributed by atoms with E-state index in [2.05, 4.69) is 10.6 Å². The Bertz CT molecular complexity index is 825. The summed E-state index contributed by atoms with van der Waals surface area (Å²) >= 11 is 11.7. The lowest BCUT2D eigenvalue weighted by atomic mass is 9.97. The van der Waals surface area contributed by atoms with Gasteiger partial charge in [0.05, 0.1) is 22.0 Å². The molecule has 2 aromatic rings. The molecule has 1 aliphatic rings. The Morgan fingerprint density at radius 3 is 2.04 bits per heavy atom. The fourth-order valence-electron chi connectivity index (χ4n) is 2.79. The van der Waals surface area contributed by atoms with Gasteiger partial charge in [0.15, 0.2) is 0 Å². The van der Waals surface area contributed by atoms with Gasteiger partial charge in [0.25, 0.3) is 0 Å². The molecule has 26 heavy (non-hydrogen) atoms. The molecule has 1 heterocycles. The van der Waals surface area contributed by atoms with E-state index in [0.29, 0.717) is 11.1 Å². The van der Waals surface area contributed by atoms with Gasteiger partial charge >= 0.3 is 0 Å². The zero-order valence-electron chi connectivity index (χ0n) is 13.4. The largest absolute Gasteiger partial charge is 0.355 e. The molecule has 8 heteroatoms. The standard InChI is InChI=1S/C18H14Cl2F2N2O2/c19-12-5-9(1-3-14(12)21)17(10-2-4-15(22)13(20)6-10)24-18(26)11-7-16(25)23-8-11/h1-6,11,17H,7-8H2,(H,23,25)(H,24,26)/t11-/m0/s1. The van der Waals surface area contributed by atoms with E-state index >= 15 is 0 Å². The van der Waals surface area contributed by atoms with Gasteiger partial charge in [-0.3, -0.25) is 9.59 Å².